The van der Waals surface area contributed by atoms with Gasteiger partial charge in [-0.05, 0) is 6.92 Å². The molecule has 5 nitrogen and oxygen atoms in total. The molecule has 0 radical (unpaired) electrons. The van der Waals surface area contributed by atoms with Gasteiger partial charge >= 0.3 is 6.03 Å². The van der Waals surface area contributed by atoms with Crippen LogP contribution in [-0.2, 0) is 0 Å². The number of likely N-dealkylation sites (N-methyl/N-ethyl adjacent to an activating group) is 1. The van der Waals surface area contributed by atoms with Gasteiger partial charge in [-0.1, -0.05) is 0 Å². The van der Waals surface area contributed by atoms with E-state index in [9.17, 15) is 9.18 Å². The van der Waals surface area contributed by atoms with E-state index in [1.165, 1.54) is 9.80 Å². The molecule has 2 heterocycles. The molecule has 2 amide bonds. The number of nitrogens with zero attached hydrogens (tertiary/aromatic N) is 4. The number of aromatic nitrogens is 2. The van der Waals surface area contributed by atoms with Crippen LogP contribution in [-0.4, -0.2) is 41.0 Å². The van der Waals surface area contributed by atoms with Gasteiger partial charge in [0.2, 0.25) is 0 Å². The van der Waals surface area contributed by atoms with Gasteiger partial charge in [-0.3, -0.25) is 4.90 Å². The highest BCUT2D eigenvalue weighted by Gasteiger charge is 2.29. The number of halogens is 1. The summed E-state index contributed by atoms with van der Waals surface area (Å²) in [5.41, 5.74) is 0. The highest BCUT2D eigenvalue weighted by Crippen LogP contribution is 2.19. The first-order valence-electron chi connectivity index (χ1n) is 4.61. The van der Waals surface area contributed by atoms with Crippen LogP contribution in [0.5, 0.6) is 0 Å². The van der Waals surface area contributed by atoms with Crippen LogP contribution in [0.1, 0.15) is 5.82 Å². The summed E-state index contributed by atoms with van der Waals surface area (Å²) < 4.78 is 13.4. The molecule has 1 saturated heterocycles. The summed E-state index contributed by atoms with van der Waals surface area (Å²) in [6.07, 6.45) is 1.09. The van der Waals surface area contributed by atoms with E-state index in [0.29, 0.717) is 18.9 Å². The Morgan fingerprint density at radius 1 is 1.47 bits per heavy atom. The summed E-state index contributed by atoms with van der Waals surface area (Å²) >= 11 is 0. The van der Waals surface area contributed by atoms with Gasteiger partial charge in [-0.2, -0.15) is 0 Å². The van der Waals surface area contributed by atoms with Gasteiger partial charge in [0, 0.05) is 20.1 Å². The van der Waals surface area contributed by atoms with E-state index in [2.05, 4.69) is 9.97 Å². The molecule has 1 aliphatic rings. The van der Waals surface area contributed by atoms with E-state index in [1.54, 1.807) is 14.0 Å². The van der Waals surface area contributed by atoms with Crippen LogP contribution in [0.25, 0.3) is 0 Å². The third kappa shape index (κ3) is 1.62. The molecule has 80 valence electrons. The normalized spacial score (nSPS) is 16.3. The molecule has 6 heteroatoms. The number of anilines is 1. The van der Waals surface area contributed by atoms with Crippen molar-refractivity contribution in [2.24, 2.45) is 0 Å². The molecule has 0 unspecified atom stereocenters. The first kappa shape index (κ1) is 9.82. The van der Waals surface area contributed by atoms with Crippen molar-refractivity contribution in [3.8, 4) is 0 Å². The summed E-state index contributed by atoms with van der Waals surface area (Å²) in [6.45, 7) is 2.71. The predicted octanol–water partition coefficient (Wildman–Crippen LogP) is 0.796. The van der Waals surface area contributed by atoms with E-state index in [0.717, 1.165) is 6.20 Å². The minimum Gasteiger partial charge on any atom is -0.326 e. The minimum atomic E-state index is -0.566. The van der Waals surface area contributed by atoms with Crippen molar-refractivity contribution in [3.63, 3.8) is 0 Å². The number of urea groups is 1. The molecule has 0 saturated carbocycles. The number of carbonyl (C=O) groups is 1. The molecule has 2 rings (SSSR count). The molecule has 1 aliphatic heterocycles. The highest BCUT2D eigenvalue weighted by molar-refractivity contribution is 5.93. The number of amides is 2. The van der Waals surface area contributed by atoms with Crippen LogP contribution in [0.15, 0.2) is 6.20 Å². The Morgan fingerprint density at radius 2 is 2.20 bits per heavy atom. The number of rotatable bonds is 1. The van der Waals surface area contributed by atoms with Crippen molar-refractivity contribution in [1.29, 1.82) is 0 Å². The van der Waals surface area contributed by atoms with Crippen molar-refractivity contribution in [3.05, 3.63) is 17.8 Å². The zero-order valence-corrected chi connectivity index (χ0v) is 8.57. The number of aryl methyl sites for hydroxylation is 1. The SMILES string of the molecule is Cc1ncc(F)c(N2CCN(C)C2=O)n1. The van der Waals surface area contributed by atoms with Gasteiger partial charge in [-0.15, -0.1) is 0 Å². The smallest absolute Gasteiger partial charge is 0.325 e. The van der Waals surface area contributed by atoms with Crippen LogP contribution in [0.4, 0.5) is 15.0 Å². The zero-order valence-electron chi connectivity index (χ0n) is 8.57. The van der Waals surface area contributed by atoms with Gasteiger partial charge in [0.05, 0.1) is 6.20 Å². The lowest BCUT2D eigenvalue weighted by Crippen LogP contribution is -2.30. The molecular formula is C9H11FN4O. The lowest BCUT2D eigenvalue weighted by molar-refractivity contribution is 0.229. The maximum Gasteiger partial charge on any atom is 0.325 e. The first-order chi connectivity index (χ1) is 7.09. The van der Waals surface area contributed by atoms with Gasteiger partial charge < -0.3 is 4.90 Å². The number of hydrogen-bond donors (Lipinski definition) is 0. The predicted molar refractivity (Wildman–Crippen MR) is 52.1 cm³/mol. The average Bonchev–Trinajstić information content (AvgIpc) is 2.52. The first-order valence-corrected chi connectivity index (χ1v) is 4.61. The van der Waals surface area contributed by atoms with Crippen molar-refractivity contribution in [2.45, 2.75) is 6.92 Å². The van der Waals surface area contributed by atoms with Crippen LogP contribution in [0, 0.1) is 12.7 Å². The number of carbonyl (C=O) groups excluding carboxylic acids is 1. The van der Waals surface area contributed by atoms with Crippen molar-refractivity contribution >= 4 is 11.8 Å². The summed E-state index contributed by atoms with van der Waals surface area (Å²) in [6, 6.07) is -0.230. The van der Waals surface area contributed by atoms with Gasteiger partial charge in [-0.25, -0.2) is 19.2 Å². The van der Waals surface area contributed by atoms with E-state index in [-0.39, 0.29) is 11.8 Å². The van der Waals surface area contributed by atoms with Gasteiger partial charge in [0.15, 0.2) is 11.6 Å². The number of hydrogen-bond acceptors (Lipinski definition) is 3. The Bertz CT molecular complexity index is 409. The molecule has 0 aliphatic carbocycles. The third-order valence-electron chi connectivity index (χ3n) is 2.32. The average molecular weight is 210 g/mol. The zero-order chi connectivity index (χ0) is 11.0. The van der Waals surface area contributed by atoms with Gasteiger partial charge in [0.1, 0.15) is 5.82 Å². The van der Waals surface area contributed by atoms with E-state index >= 15 is 0 Å². The fourth-order valence-corrected chi connectivity index (χ4v) is 1.48. The minimum absolute atomic E-state index is 0.0665. The van der Waals surface area contributed by atoms with Crippen molar-refractivity contribution in [2.75, 3.05) is 25.0 Å². The van der Waals surface area contributed by atoms with Crippen LogP contribution >= 0.6 is 0 Å². The monoisotopic (exact) mass is 210 g/mol. The Kier molecular flexibility index (Phi) is 2.26. The van der Waals surface area contributed by atoms with E-state index in [4.69, 9.17) is 0 Å². The molecule has 1 aromatic heterocycles. The quantitative estimate of drug-likeness (QED) is 0.688. The second-order valence-corrected chi connectivity index (χ2v) is 3.44. The molecule has 1 fully saturated rings. The highest BCUT2D eigenvalue weighted by atomic mass is 19.1. The Morgan fingerprint density at radius 3 is 2.80 bits per heavy atom. The molecule has 15 heavy (non-hydrogen) atoms. The molecule has 0 atom stereocenters. The second-order valence-electron chi connectivity index (χ2n) is 3.44. The maximum absolute atomic E-state index is 13.4. The van der Waals surface area contributed by atoms with Gasteiger partial charge in [0.25, 0.3) is 0 Å². The Balaban J connectivity index is 2.37. The van der Waals surface area contributed by atoms with Crippen LogP contribution in [0.3, 0.4) is 0 Å². The van der Waals surface area contributed by atoms with Crippen molar-refractivity contribution < 1.29 is 9.18 Å². The summed E-state index contributed by atoms with van der Waals surface area (Å²) in [4.78, 5) is 22.1. The third-order valence-corrected chi connectivity index (χ3v) is 2.32. The largest absolute Gasteiger partial charge is 0.326 e. The van der Waals surface area contributed by atoms with Crippen LogP contribution in [0.2, 0.25) is 0 Å². The fraction of sp³-hybridized carbons (Fsp3) is 0.444. The lowest BCUT2D eigenvalue weighted by Gasteiger charge is -2.15. The molecule has 0 aromatic carbocycles. The topological polar surface area (TPSA) is 49.3 Å². The molecule has 1 aromatic rings. The lowest BCUT2D eigenvalue weighted by atomic mass is 10.4. The molecular weight excluding hydrogens is 199 g/mol. The molecule has 0 N–H and O–H groups in total. The molecule has 0 spiro atoms. The standard InChI is InChI=1S/C9H11FN4O/c1-6-11-5-7(10)8(12-6)14-4-3-13(2)9(14)15/h5H,3-4H2,1-2H3. The van der Waals surface area contributed by atoms with E-state index < -0.39 is 5.82 Å². The maximum atomic E-state index is 13.4. The Labute approximate surface area is 86.5 Å². The second kappa shape index (κ2) is 3.45. The summed E-state index contributed by atoms with van der Waals surface area (Å²) in [7, 11) is 1.67. The van der Waals surface area contributed by atoms with Crippen LogP contribution < -0.4 is 4.90 Å². The summed E-state index contributed by atoms with van der Waals surface area (Å²) in [5, 5.41) is 0. The fourth-order valence-electron chi connectivity index (χ4n) is 1.48. The summed E-state index contributed by atoms with van der Waals surface area (Å²) in [5.74, 6) is -0.0464. The Hall–Kier alpha value is -1.72. The van der Waals surface area contributed by atoms with Crippen molar-refractivity contribution in [1.82, 2.24) is 14.9 Å². The molecule has 0 bridgehead atoms. The van der Waals surface area contributed by atoms with E-state index in [1.807, 2.05) is 0 Å².